The van der Waals surface area contributed by atoms with Crippen LogP contribution in [0.15, 0.2) is 47.3 Å². The number of rotatable bonds is 7. The molecule has 1 atom stereocenters. The fraction of sp³-hybridized carbons (Fsp3) is 0.444. The first-order chi connectivity index (χ1) is 15.1. The third-order valence-corrected chi connectivity index (χ3v) is 5.96. The molecule has 1 heterocycles. The Bertz CT molecular complexity index is 1180. The van der Waals surface area contributed by atoms with Gasteiger partial charge in [-0.25, -0.2) is 4.98 Å². The molecule has 32 heavy (non-hydrogen) atoms. The minimum atomic E-state index is -0.346. The predicted octanol–water partition coefficient (Wildman–Crippen LogP) is 5.59. The second kappa shape index (κ2) is 9.68. The van der Waals surface area contributed by atoms with E-state index in [-0.39, 0.29) is 23.4 Å². The van der Waals surface area contributed by atoms with E-state index in [2.05, 4.69) is 19.9 Å². The molecule has 0 bridgehead atoms. The summed E-state index contributed by atoms with van der Waals surface area (Å²) in [6.07, 6.45) is 0.893. The second-order valence-corrected chi connectivity index (χ2v) is 9.46. The van der Waals surface area contributed by atoms with Crippen LogP contribution in [0.2, 0.25) is 0 Å². The smallest absolute Gasteiger partial charge is 0.266 e. The van der Waals surface area contributed by atoms with Gasteiger partial charge in [-0.05, 0) is 56.9 Å². The van der Waals surface area contributed by atoms with Crippen LogP contribution in [0.1, 0.15) is 64.0 Å². The third kappa shape index (κ3) is 4.77. The number of nitrogens with zero attached hydrogens (tertiary/aromatic N) is 3. The van der Waals surface area contributed by atoms with Crippen LogP contribution in [0.25, 0.3) is 16.6 Å². The number of benzene rings is 2. The molecule has 1 aromatic heterocycles. The van der Waals surface area contributed by atoms with Crippen LogP contribution >= 0.6 is 0 Å². The molecule has 0 aliphatic rings. The van der Waals surface area contributed by atoms with Gasteiger partial charge < -0.3 is 4.90 Å². The highest BCUT2D eigenvalue weighted by atomic mass is 16.2. The Hall–Kier alpha value is -2.95. The van der Waals surface area contributed by atoms with Crippen molar-refractivity contribution in [2.75, 3.05) is 6.54 Å². The summed E-state index contributed by atoms with van der Waals surface area (Å²) in [5, 5.41) is 0.576. The highest BCUT2D eigenvalue weighted by molar-refractivity contribution is 5.80. The number of aromatic nitrogens is 2. The molecule has 1 amide bonds. The molecule has 0 spiro atoms. The van der Waals surface area contributed by atoms with Gasteiger partial charge in [-0.1, -0.05) is 57.5 Å². The molecule has 1 unspecified atom stereocenters. The Balaban J connectivity index is 2.27. The lowest BCUT2D eigenvalue weighted by atomic mass is 10.1. The standard InChI is InChI=1S/C27H35N3O2/c1-17(2)14-15-29(26(31)18(3)4)21(7)25-28-23-11-9-8-10-22(23)27(32)30(25)24-13-12-19(5)16-20(24)6/h8-13,16-18,21H,14-15H2,1-7H3. The van der Waals surface area contributed by atoms with Gasteiger partial charge in [0.15, 0.2) is 0 Å². The molecule has 0 aliphatic heterocycles. The SMILES string of the molecule is Cc1ccc(-n2c(C(C)N(CCC(C)C)C(=O)C(C)C)nc3ccccc3c2=O)c(C)c1. The minimum Gasteiger partial charge on any atom is -0.333 e. The summed E-state index contributed by atoms with van der Waals surface area (Å²) in [4.78, 5) is 33.7. The first kappa shape index (κ1) is 23.7. The molecule has 0 saturated heterocycles. The van der Waals surface area contributed by atoms with Crippen molar-refractivity contribution >= 4 is 16.8 Å². The summed E-state index contributed by atoms with van der Waals surface area (Å²) < 4.78 is 1.71. The summed E-state index contributed by atoms with van der Waals surface area (Å²) in [5.74, 6) is 1.01. The lowest BCUT2D eigenvalue weighted by Gasteiger charge is -2.32. The highest BCUT2D eigenvalue weighted by Crippen LogP contribution is 2.26. The topological polar surface area (TPSA) is 55.2 Å². The fourth-order valence-corrected chi connectivity index (χ4v) is 4.08. The number of hydrogen-bond donors (Lipinski definition) is 0. The molecular formula is C27H35N3O2. The maximum absolute atomic E-state index is 13.7. The summed E-state index contributed by atoms with van der Waals surface area (Å²) in [6.45, 7) is 14.8. The van der Waals surface area contributed by atoms with Crippen molar-refractivity contribution in [1.82, 2.24) is 14.5 Å². The quantitative estimate of drug-likeness (QED) is 0.488. The summed E-state index contributed by atoms with van der Waals surface area (Å²) in [7, 11) is 0. The van der Waals surface area contributed by atoms with Gasteiger partial charge in [-0.2, -0.15) is 0 Å². The van der Waals surface area contributed by atoms with Crippen molar-refractivity contribution in [3.8, 4) is 5.69 Å². The number of carbonyl (C=O) groups is 1. The largest absolute Gasteiger partial charge is 0.333 e. The molecule has 5 heteroatoms. The molecule has 5 nitrogen and oxygen atoms in total. The number of hydrogen-bond acceptors (Lipinski definition) is 3. The number of aryl methyl sites for hydroxylation is 2. The van der Waals surface area contributed by atoms with Crippen LogP contribution in [0.3, 0.4) is 0 Å². The molecule has 0 saturated carbocycles. The monoisotopic (exact) mass is 433 g/mol. The van der Waals surface area contributed by atoms with Crippen LogP contribution < -0.4 is 5.56 Å². The van der Waals surface area contributed by atoms with Gasteiger partial charge in [0.25, 0.3) is 5.56 Å². The molecule has 0 fully saturated rings. The first-order valence-corrected chi connectivity index (χ1v) is 11.5. The van der Waals surface area contributed by atoms with E-state index in [0.29, 0.717) is 29.2 Å². The summed E-state index contributed by atoms with van der Waals surface area (Å²) in [6, 6.07) is 13.1. The average Bonchev–Trinajstić information content (AvgIpc) is 2.74. The Kier molecular flexibility index (Phi) is 7.17. The van der Waals surface area contributed by atoms with Crippen molar-refractivity contribution < 1.29 is 4.79 Å². The average molecular weight is 434 g/mol. The van der Waals surface area contributed by atoms with E-state index in [4.69, 9.17) is 4.98 Å². The number of para-hydroxylation sites is 1. The van der Waals surface area contributed by atoms with E-state index in [1.165, 1.54) is 0 Å². The highest BCUT2D eigenvalue weighted by Gasteiger charge is 2.28. The summed E-state index contributed by atoms with van der Waals surface area (Å²) in [5.41, 5.74) is 3.49. The van der Waals surface area contributed by atoms with Gasteiger partial charge >= 0.3 is 0 Å². The second-order valence-electron chi connectivity index (χ2n) is 9.46. The molecule has 2 aromatic carbocycles. The zero-order valence-corrected chi connectivity index (χ0v) is 20.3. The van der Waals surface area contributed by atoms with E-state index in [9.17, 15) is 9.59 Å². The Morgan fingerprint density at radius 2 is 1.72 bits per heavy atom. The molecule has 170 valence electrons. The van der Waals surface area contributed by atoms with Gasteiger partial charge in [0.1, 0.15) is 5.82 Å². The molecule has 0 radical (unpaired) electrons. The third-order valence-electron chi connectivity index (χ3n) is 5.96. The molecule has 0 N–H and O–H groups in total. The van der Waals surface area contributed by atoms with Crippen LogP contribution in [0.5, 0.6) is 0 Å². The number of carbonyl (C=O) groups excluding carboxylic acids is 1. The zero-order valence-electron chi connectivity index (χ0n) is 20.3. The van der Waals surface area contributed by atoms with Gasteiger partial charge in [0.05, 0.1) is 22.6 Å². The lowest BCUT2D eigenvalue weighted by molar-refractivity contribution is -0.137. The van der Waals surface area contributed by atoms with Crippen molar-refractivity contribution in [2.45, 2.75) is 60.9 Å². The maximum Gasteiger partial charge on any atom is 0.266 e. The zero-order chi connectivity index (χ0) is 23.6. The Labute approximate surface area is 191 Å². The molecular weight excluding hydrogens is 398 g/mol. The predicted molar refractivity (Wildman–Crippen MR) is 131 cm³/mol. The van der Waals surface area contributed by atoms with Gasteiger partial charge in [-0.3, -0.25) is 14.2 Å². The van der Waals surface area contributed by atoms with Crippen molar-refractivity contribution in [1.29, 1.82) is 0 Å². The van der Waals surface area contributed by atoms with Crippen LogP contribution in [-0.2, 0) is 4.79 Å². The number of amides is 1. The molecule has 3 rings (SSSR count). The maximum atomic E-state index is 13.7. The van der Waals surface area contributed by atoms with Crippen molar-refractivity contribution in [3.05, 3.63) is 69.8 Å². The van der Waals surface area contributed by atoms with E-state index in [0.717, 1.165) is 23.2 Å². The number of fused-ring (bicyclic) bond motifs is 1. The molecule has 3 aromatic rings. The fourth-order valence-electron chi connectivity index (χ4n) is 4.08. The van der Waals surface area contributed by atoms with E-state index < -0.39 is 0 Å². The van der Waals surface area contributed by atoms with Crippen LogP contribution in [0.4, 0.5) is 0 Å². The van der Waals surface area contributed by atoms with Crippen LogP contribution in [0, 0.1) is 25.7 Å². The van der Waals surface area contributed by atoms with Gasteiger partial charge in [-0.15, -0.1) is 0 Å². The van der Waals surface area contributed by atoms with E-state index in [1.54, 1.807) is 4.57 Å². The van der Waals surface area contributed by atoms with Gasteiger partial charge in [0, 0.05) is 12.5 Å². The normalized spacial score (nSPS) is 12.5. The van der Waals surface area contributed by atoms with Crippen molar-refractivity contribution in [2.24, 2.45) is 11.8 Å². The molecule has 0 aliphatic carbocycles. The minimum absolute atomic E-state index is 0.0766. The van der Waals surface area contributed by atoms with Crippen molar-refractivity contribution in [3.63, 3.8) is 0 Å². The first-order valence-electron chi connectivity index (χ1n) is 11.5. The Morgan fingerprint density at radius 1 is 1.03 bits per heavy atom. The summed E-state index contributed by atoms with van der Waals surface area (Å²) >= 11 is 0. The van der Waals surface area contributed by atoms with Gasteiger partial charge in [0.2, 0.25) is 5.91 Å². The lowest BCUT2D eigenvalue weighted by Crippen LogP contribution is -2.40. The van der Waals surface area contributed by atoms with E-state index >= 15 is 0 Å². The van der Waals surface area contributed by atoms with E-state index in [1.807, 2.05) is 75.9 Å². The van der Waals surface area contributed by atoms with Crippen LogP contribution in [-0.4, -0.2) is 26.9 Å². The Morgan fingerprint density at radius 3 is 2.34 bits per heavy atom.